The topological polar surface area (TPSA) is 29.2 Å². The van der Waals surface area contributed by atoms with Crippen molar-refractivity contribution < 1.29 is 14.6 Å². The summed E-state index contributed by atoms with van der Waals surface area (Å²) in [5.74, 6) is 1.27. The maximum absolute atomic E-state index is 13.7. The molecule has 4 nitrogen and oxygen atoms in total. The van der Waals surface area contributed by atoms with Crippen LogP contribution in [-0.2, 0) is 4.79 Å². The predicted molar refractivity (Wildman–Crippen MR) is 127 cm³/mol. The van der Waals surface area contributed by atoms with Gasteiger partial charge in [-0.2, -0.15) is 0 Å². The van der Waals surface area contributed by atoms with Gasteiger partial charge in [0.25, 0.3) is 0 Å². The molecule has 0 radical (unpaired) electrons. The molecule has 0 aromatic heterocycles. The maximum atomic E-state index is 13.7. The zero-order valence-electron chi connectivity index (χ0n) is 20.9. The number of carbonyl (C=O) groups is 1. The van der Waals surface area contributed by atoms with Crippen LogP contribution in [0.4, 0.5) is 0 Å². The van der Waals surface area contributed by atoms with Gasteiger partial charge in [0.2, 0.25) is 5.91 Å². The van der Waals surface area contributed by atoms with E-state index in [4.69, 9.17) is 0 Å². The predicted octanol–water partition coefficient (Wildman–Crippen LogP) is 2.59. The summed E-state index contributed by atoms with van der Waals surface area (Å²) in [5, 5.41) is 0. The summed E-state index contributed by atoms with van der Waals surface area (Å²) in [6.07, 6.45) is 19.5. The minimum absolute atomic E-state index is 0.301. The van der Waals surface area contributed by atoms with E-state index in [1.54, 1.807) is 0 Å². The number of nitrogens with zero attached hydrogens (tertiary/aromatic N) is 1. The number of hydrogen-bond acceptors (Lipinski definition) is 1. The fourth-order valence-corrected chi connectivity index (χ4v) is 6.07. The molecule has 0 spiro atoms. The molecule has 2 fully saturated rings. The molecule has 30 heavy (non-hydrogen) atoms. The highest BCUT2D eigenvalue weighted by Crippen LogP contribution is 2.49. The van der Waals surface area contributed by atoms with Crippen molar-refractivity contribution >= 4 is 5.91 Å². The lowest BCUT2D eigenvalue weighted by Gasteiger charge is -2.45. The van der Waals surface area contributed by atoms with Crippen LogP contribution < -0.4 is 9.80 Å². The van der Waals surface area contributed by atoms with Crippen LogP contribution in [0, 0.1) is 11.3 Å². The van der Waals surface area contributed by atoms with Crippen LogP contribution in [0.1, 0.15) is 96.3 Å². The van der Waals surface area contributed by atoms with Crippen LogP contribution in [0.5, 0.6) is 0 Å². The Balaban J connectivity index is 2.08. The van der Waals surface area contributed by atoms with Crippen LogP contribution in [0.2, 0.25) is 0 Å². The van der Waals surface area contributed by atoms with Crippen LogP contribution >= 0.6 is 0 Å². The van der Waals surface area contributed by atoms with Gasteiger partial charge in [-0.05, 0) is 37.0 Å². The number of nitrogens with one attached hydrogen (secondary N) is 2. The lowest BCUT2D eigenvalue weighted by molar-refractivity contribution is -0.858. The summed E-state index contributed by atoms with van der Waals surface area (Å²) >= 11 is 0. The minimum atomic E-state index is 0.301. The van der Waals surface area contributed by atoms with Gasteiger partial charge in [0.15, 0.2) is 0 Å². The Bertz CT molecular complexity index is 449. The Morgan fingerprint density at radius 1 is 0.767 bits per heavy atom. The molecule has 4 heteroatoms. The molecule has 1 amide bonds. The number of amides is 1. The summed E-state index contributed by atoms with van der Waals surface area (Å²) < 4.78 is 0. The standard InChI is InChI=1S/C26H51N3O/c1-27(2)19-13-21-29(22-14-20-28(3)4)25(30)23-26(24-15-9-8-10-16-24)17-11-6-5-7-12-18-26/h24H,5-23H2,1-4H3/p+2. The molecule has 2 aliphatic carbocycles. The van der Waals surface area contributed by atoms with E-state index in [-0.39, 0.29) is 0 Å². The monoisotopic (exact) mass is 423 g/mol. The molecule has 0 bridgehead atoms. The molecule has 0 atom stereocenters. The van der Waals surface area contributed by atoms with E-state index in [1.807, 2.05) is 0 Å². The van der Waals surface area contributed by atoms with Crippen molar-refractivity contribution in [1.82, 2.24) is 4.90 Å². The first-order valence-corrected chi connectivity index (χ1v) is 13.3. The minimum Gasteiger partial charge on any atom is -0.342 e. The molecule has 0 heterocycles. The summed E-state index contributed by atoms with van der Waals surface area (Å²) in [4.78, 5) is 19.0. The molecule has 0 saturated heterocycles. The van der Waals surface area contributed by atoms with Gasteiger partial charge >= 0.3 is 0 Å². The average molecular weight is 424 g/mol. The molecular weight excluding hydrogens is 370 g/mol. The van der Waals surface area contributed by atoms with Gasteiger partial charge in [0, 0.05) is 32.4 Å². The number of rotatable bonds is 11. The van der Waals surface area contributed by atoms with Crippen molar-refractivity contribution in [2.75, 3.05) is 54.4 Å². The Morgan fingerprint density at radius 3 is 1.73 bits per heavy atom. The van der Waals surface area contributed by atoms with Crippen molar-refractivity contribution in [1.29, 1.82) is 0 Å². The Morgan fingerprint density at radius 2 is 1.23 bits per heavy atom. The second kappa shape index (κ2) is 13.7. The second-order valence-corrected chi connectivity index (χ2v) is 11.1. The third-order valence-electron chi connectivity index (χ3n) is 7.89. The van der Waals surface area contributed by atoms with Crippen molar-refractivity contribution in [2.24, 2.45) is 11.3 Å². The van der Waals surface area contributed by atoms with Gasteiger partial charge in [-0.25, -0.2) is 0 Å². The van der Waals surface area contributed by atoms with E-state index in [2.05, 4.69) is 33.1 Å². The average Bonchev–Trinajstić information content (AvgIpc) is 2.69. The normalized spacial score (nSPS) is 20.9. The molecule has 0 aliphatic heterocycles. The highest BCUT2D eigenvalue weighted by atomic mass is 16.2. The van der Waals surface area contributed by atoms with Gasteiger partial charge in [-0.15, -0.1) is 0 Å². The summed E-state index contributed by atoms with van der Waals surface area (Å²) in [6, 6.07) is 0. The van der Waals surface area contributed by atoms with Crippen molar-refractivity contribution in [3.8, 4) is 0 Å². The van der Waals surface area contributed by atoms with Gasteiger partial charge in [-0.3, -0.25) is 4.79 Å². The quantitative estimate of drug-likeness (QED) is 0.525. The Labute approximate surface area is 187 Å². The first kappa shape index (κ1) is 25.6. The zero-order chi connectivity index (χ0) is 21.8. The lowest BCUT2D eigenvalue weighted by atomic mass is 9.61. The van der Waals surface area contributed by atoms with Gasteiger partial charge in [0.05, 0.1) is 41.3 Å². The molecule has 0 unspecified atom stereocenters. The first-order valence-electron chi connectivity index (χ1n) is 13.3. The van der Waals surface area contributed by atoms with Gasteiger partial charge < -0.3 is 14.7 Å². The lowest BCUT2D eigenvalue weighted by Crippen LogP contribution is -3.05. The summed E-state index contributed by atoms with van der Waals surface area (Å²) in [5.41, 5.74) is 0.301. The third kappa shape index (κ3) is 8.86. The number of carbonyl (C=O) groups excluding carboxylic acids is 1. The van der Waals surface area contributed by atoms with Gasteiger partial charge in [0.1, 0.15) is 0 Å². The largest absolute Gasteiger partial charge is 0.342 e. The van der Waals surface area contributed by atoms with E-state index in [1.165, 1.54) is 86.8 Å². The van der Waals surface area contributed by atoms with Crippen LogP contribution in [-0.4, -0.2) is 65.2 Å². The van der Waals surface area contributed by atoms with Gasteiger partial charge in [-0.1, -0.05) is 51.4 Å². The second-order valence-electron chi connectivity index (χ2n) is 11.1. The molecule has 176 valence electrons. The van der Waals surface area contributed by atoms with E-state index < -0.39 is 0 Å². The third-order valence-corrected chi connectivity index (χ3v) is 7.89. The van der Waals surface area contributed by atoms with Crippen LogP contribution in [0.15, 0.2) is 0 Å². The highest BCUT2D eigenvalue weighted by molar-refractivity contribution is 5.77. The van der Waals surface area contributed by atoms with Crippen LogP contribution in [0.3, 0.4) is 0 Å². The maximum Gasteiger partial charge on any atom is 0.223 e. The summed E-state index contributed by atoms with van der Waals surface area (Å²) in [6.45, 7) is 4.20. The number of hydrogen-bond donors (Lipinski definition) is 2. The molecule has 2 N–H and O–H groups in total. The van der Waals surface area contributed by atoms with Crippen molar-refractivity contribution in [3.63, 3.8) is 0 Å². The molecule has 0 aromatic rings. The Kier molecular flexibility index (Phi) is 11.7. The fraction of sp³-hybridized carbons (Fsp3) is 0.962. The first-order chi connectivity index (χ1) is 14.4. The molecule has 2 rings (SSSR count). The highest BCUT2D eigenvalue weighted by Gasteiger charge is 2.41. The number of quaternary nitrogens is 2. The molecular formula is C26H53N3O+2. The fourth-order valence-electron chi connectivity index (χ4n) is 6.07. The Hall–Kier alpha value is -0.610. The molecule has 2 saturated carbocycles. The zero-order valence-corrected chi connectivity index (χ0v) is 20.9. The van der Waals surface area contributed by atoms with E-state index in [9.17, 15) is 4.79 Å². The summed E-state index contributed by atoms with van der Waals surface area (Å²) in [7, 11) is 8.87. The smallest absolute Gasteiger partial charge is 0.223 e. The van der Waals surface area contributed by atoms with E-state index in [0.29, 0.717) is 11.3 Å². The van der Waals surface area contributed by atoms with E-state index >= 15 is 0 Å². The van der Waals surface area contributed by atoms with Crippen molar-refractivity contribution in [2.45, 2.75) is 96.3 Å². The molecule has 2 aliphatic rings. The molecule has 0 aromatic carbocycles. The van der Waals surface area contributed by atoms with Crippen LogP contribution in [0.25, 0.3) is 0 Å². The van der Waals surface area contributed by atoms with E-state index in [0.717, 1.165) is 51.4 Å². The SMILES string of the molecule is C[NH+](C)CCCN(CCC[NH+](C)C)C(=O)CC1(C2CCCCC2)CCCCCCC1. The van der Waals surface area contributed by atoms with Crippen molar-refractivity contribution in [3.05, 3.63) is 0 Å².